The van der Waals surface area contributed by atoms with E-state index in [0.717, 1.165) is 22.4 Å². The summed E-state index contributed by atoms with van der Waals surface area (Å²) in [5.41, 5.74) is 3.08. The Morgan fingerprint density at radius 1 is 1.11 bits per heavy atom. The van der Waals surface area contributed by atoms with Gasteiger partial charge in [-0.3, -0.25) is 4.79 Å². The van der Waals surface area contributed by atoms with Gasteiger partial charge in [0.15, 0.2) is 23.8 Å². The van der Waals surface area contributed by atoms with Gasteiger partial charge in [-0.15, -0.1) is 0 Å². The zero-order valence-corrected chi connectivity index (χ0v) is 22.3. The van der Waals surface area contributed by atoms with Gasteiger partial charge in [0.2, 0.25) is 12.5 Å². The maximum Gasteiger partial charge on any atom is 0.361 e. The normalized spacial score (nSPS) is 17.6. The molecule has 192 valence electrons. The summed E-state index contributed by atoms with van der Waals surface area (Å²) in [5, 5.41) is 0. The van der Waals surface area contributed by atoms with Crippen molar-refractivity contribution in [3.05, 3.63) is 65.3 Å². The zero-order chi connectivity index (χ0) is 25.0. The Kier molecular flexibility index (Phi) is 8.81. The van der Waals surface area contributed by atoms with Gasteiger partial charge in [-0.25, -0.2) is 4.79 Å². The number of hydrogen-bond acceptors (Lipinski definition) is 7. The van der Waals surface area contributed by atoms with Crippen LogP contribution in [0.15, 0.2) is 43.0 Å². The topological polar surface area (TPSA) is 80.3 Å². The summed E-state index contributed by atoms with van der Waals surface area (Å²) in [7, 11) is 4.95. The van der Waals surface area contributed by atoms with E-state index < -0.39 is 0 Å². The Hall–Kier alpha value is -3.30. The van der Waals surface area contributed by atoms with Crippen LogP contribution in [0.4, 0.5) is 0 Å². The Bertz CT molecular complexity index is 1180. The van der Waals surface area contributed by atoms with Crippen LogP contribution in [0.25, 0.3) is 6.08 Å². The van der Waals surface area contributed by atoms with Crippen LogP contribution in [0.1, 0.15) is 27.0 Å². The van der Waals surface area contributed by atoms with Crippen molar-refractivity contribution in [2.45, 2.75) is 13.0 Å². The van der Waals surface area contributed by atoms with Crippen molar-refractivity contribution < 1.29 is 54.7 Å². The first-order valence-electron chi connectivity index (χ1n) is 11.4. The summed E-state index contributed by atoms with van der Waals surface area (Å²) >= 11 is 0. The molecule has 36 heavy (non-hydrogen) atoms. The second-order valence-electron chi connectivity index (χ2n) is 8.78. The molecule has 0 saturated carbocycles. The molecule has 0 radical (unpaired) electrons. The smallest absolute Gasteiger partial charge is 0.361 e. The molecular weight excluding hydrogens is 530 g/mol. The van der Waals surface area contributed by atoms with E-state index in [1.807, 2.05) is 31.3 Å². The SMILES string of the molecule is C=CCOc1ccc(C=CC(=O)c2c3c(c(OC)c4c2OCO4)C[N+](C)(CC(=O)OC)CC3)cc1.[Br-]. The summed E-state index contributed by atoms with van der Waals surface area (Å²) in [6.45, 7) is 5.48. The number of methoxy groups -OCH3 is 2. The molecule has 0 amide bonds. The van der Waals surface area contributed by atoms with Crippen LogP contribution in [0.2, 0.25) is 0 Å². The molecule has 0 aliphatic carbocycles. The van der Waals surface area contributed by atoms with Crippen molar-refractivity contribution in [2.75, 3.05) is 47.8 Å². The Labute approximate surface area is 221 Å². The second-order valence-corrected chi connectivity index (χ2v) is 8.78. The van der Waals surface area contributed by atoms with E-state index in [1.165, 1.54) is 7.11 Å². The molecule has 2 aromatic carbocycles. The van der Waals surface area contributed by atoms with Crippen LogP contribution in [0, 0.1) is 0 Å². The Morgan fingerprint density at radius 2 is 1.83 bits per heavy atom. The highest BCUT2D eigenvalue weighted by molar-refractivity contribution is 6.11. The fourth-order valence-corrected chi connectivity index (χ4v) is 4.55. The summed E-state index contributed by atoms with van der Waals surface area (Å²) in [5.74, 6) is 1.66. The molecule has 2 heterocycles. The van der Waals surface area contributed by atoms with Crippen LogP contribution in [0.5, 0.6) is 23.0 Å². The quantitative estimate of drug-likeness (QED) is 0.146. The van der Waals surface area contributed by atoms with E-state index in [1.54, 1.807) is 25.3 Å². The lowest BCUT2D eigenvalue weighted by Gasteiger charge is -2.38. The number of carbonyl (C=O) groups excluding carboxylic acids is 2. The molecule has 2 aliphatic heterocycles. The van der Waals surface area contributed by atoms with E-state index in [2.05, 4.69) is 6.58 Å². The lowest BCUT2D eigenvalue weighted by Crippen LogP contribution is -3.00. The van der Waals surface area contributed by atoms with Crippen molar-refractivity contribution in [1.29, 1.82) is 0 Å². The highest BCUT2D eigenvalue weighted by atomic mass is 79.9. The number of fused-ring (bicyclic) bond motifs is 2. The number of rotatable bonds is 9. The van der Waals surface area contributed by atoms with Gasteiger partial charge in [-0.2, -0.15) is 0 Å². The molecule has 1 unspecified atom stereocenters. The molecule has 0 bridgehead atoms. The molecule has 0 spiro atoms. The molecule has 8 nitrogen and oxygen atoms in total. The number of likely N-dealkylation sites (N-methyl/N-ethyl adjacent to an activating group) is 1. The second kappa shape index (κ2) is 11.6. The molecule has 0 fully saturated rings. The van der Waals surface area contributed by atoms with Gasteiger partial charge in [0.25, 0.3) is 0 Å². The molecule has 9 heteroatoms. The lowest BCUT2D eigenvalue weighted by atomic mass is 9.89. The third-order valence-corrected chi connectivity index (χ3v) is 6.29. The van der Waals surface area contributed by atoms with Gasteiger partial charge in [0.05, 0.1) is 38.9 Å². The van der Waals surface area contributed by atoms with Crippen LogP contribution in [-0.2, 0) is 22.5 Å². The summed E-state index contributed by atoms with van der Waals surface area (Å²) in [6, 6.07) is 7.45. The molecule has 0 N–H and O–H groups in total. The monoisotopic (exact) mass is 559 g/mol. The van der Waals surface area contributed by atoms with E-state index >= 15 is 0 Å². The average molecular weight is 560 g/mol. The maximum absolute atomic E-state index is 13.5. The first-order chi connectivity index (χ1) is 16.9. The van der Waals surface area contributed by atoms with Gasteiger partial charge < -0.3 is 45.1 Å². The zero-order valence-electron chi connectivity index (χ0n) is 20.7. The number of ketones is 1. The highest BCUT2D eigenvalue weighted by Crippen LogP contribution is 2.50. The summed E-state index contributed by atoms with van der Waals surface area (Å²) in [4.78, 5) is 25.5. The van der Waals surface area contributed by atoms with Crippen molar-refractivity contribution in [1.82, 2.24) is 0 Å². The maximum atomic E-state index is 13.5. The number of allylic oxidation sites excluding steroid dienone is 1. The number of benzene rings is 2. The van der Waals surface area contributed by atoms with Crippen molar-refractivity contribution in [2.24, 2.45) is 0 Å². The molecule has 1 atom stereocenters. The Morgan fingerprint density at radius 3 is 2.50 bits per heavy atom. The van der Waals surface area contributed by atoms with Crippen LogP contribution in [0.3, 0.4) is 0 Å². The average Bonchev–Trinajstić information content (AvgIpc) is 3.34. The minimum absolute atomic E-state index is 0. The van der Waals surface area contributed by atoms with E-state index in [9.17, 15) is 9.59 Å². The standard InChI is InChI=1S/C27H30NO7.BrH/c1-5-14-33-19-9-6-18(7-10-19)8-11-22(29)24-20-12-13-28(2,16-23(30)31-3)15-21(20)25(32-4)27-26(24)34-17-35-27;/h5-11H,1,12-17H2,2-4H3;1H/q+1;/p-1. The fourth-order valence-electron chi connectivity index (χ4n) is 4.55. The molecule has 2 aromatic rings. The first kappa shape index (κ1) is 27.3. The highest BCUT2D eigenvalue weighted by Gasteiger charge is 2.40. The third kappa shape index (κ3) is 5.57. The third-order valence-electron chi connectivity index (χ3n) is 6.29. The Balaban J connectivity index is 0.00000361. The van der Waals surface area contributed by atoms with E-state index in [-0.39, 0.29) is 42.1 Å². The molecule has 2 aliphatic rings. The largest absolute Gasteiger partial charge is 1.00 e. The fraction of sp³-hybridized carbons (Fsp3) is 0.333. The minimum atomic E-state index is -0.282. The van der Waals surface area contributed by atoms with Crippen molar-refractivity contribution in [3.8, 4) is 23.0 Å². The number of esters is 1. The first-order valence-corrected chi connectivity index (χ1v) is 11.4. The number of halogens is 1. The predicted octanol–water partition coefficient (Wildman–Crippen LogP) is 0.565. The number of quaternary nitrogens is 1. The minimum Gasteiger partial charge on any atom is -1.00 e. The van der Waals surface area contributed by atoms with Crippen LogP contribution < -0.4 is 35.9 Å². The lowest BCUT2D eigenvalue weighted by molar-refractivity contribution is -0.917. The summed E-state index contributed by atoms with van der Waals surface area (Å²) in [6.07, 6.45) is 5.57. The van der Waals surface area contributed by atoms with E-state index in [4.69, 9.17) is 23.7 Å². The van der Waals surface area contributed by atoms with Gasteiger partial charge in [0.1, 0.15) is 18.9 Å². The summed E-state index contributed by atoms with van der Waals surface area (Å²) < 4.78 is 28.0. The molecule has 0 saturated heterocycles. The number of hydrogen-bond donors (Lipinski definition) is 0. The van der Waals surface area contributed by atoms with Crippen molar-refractivity contribution in [3.63, 3.8) is 0 Å². The van der Waals surface area contributed by atoms with E-state index in [0.29, 0.717) is 53.4 Å². The number of carbonyl (C=O) groups is 2. The predicted molar refractivity (Wildman–Crippen MR) is 130 cm³/mol. The molecule has 4 rings (SSSR count). The van der Waals surface area contributed by atoms with Crippen LogP contribution >= 0.6 is 0 Å². The van der Waals surface area contributed by atoms with Gasteiger partial charge in [-0.1, -0.05) is 30.9 Å². The molecular formula is C27H30BrNO7. The van der Waals surface area contributed by atoms with Gasteiger partial charge in [-0.05, 0) is 29.3 Å². The number of nitrogens with zero attached hydrogens (tertiary/aromatic N) is 1. The number of ether oxygens (including phenoxy) is 5. The van der Waals surface area contributed by atoms with Crippen molar-refractivity contribution >= 4 is 17.8 Å². The van der Waals surface area contributed by atoms with Crippen LogP contribution in [-0.4, -0.2) is 64.0 Å². The molecule has 0 aromatic heterocycles. The van der Waals surface area contributed by atoms with Gasteiger partial charge >= 0.3 is 5.97 Å². The van der Waals surface area contributed by atoms with Gasteiger partial charge in [0, 0.05) is 6.42 Å².